The Morgan fingerprint density at radius 1 is 0.639 bits per heavy atom. The van der Waals surface area contributed by atoms with Crippen molar-refractivity contribution in [3.63, 3.8) is 0 Å². The first-order chi connectivity index (χ1) is 16.8. The molecule has 0 saturated heterocycles. The maximum Gasteiger partial charge on any atom is 0.294 e. The Hall–Kier alpha value is -3.72. The summed E-state index contributed by atoms with van der Waals surface area (Å²) in [5.41, 5.74) is 2.06. The standard InChI is InChI=1S/C22H22N4O8S2/c1-13-19(21(27)25(23-13)15-3-7-17(8-4-15)35(29,30)31)11-12-20-14(2)24-26(22(20)28)16-5-9-18(10-6-16)36(32,33)34/h3-10,23-24H,11-12H2,1-2H3,(H,29,30,31)(H,32,33,34). The van der Waals surface area contributed by atoms with Crippen LogP contribution in [0.15, 0.2) is 67.9 Å². The van der Waals surface area contributed by atoms with Crippen molar-refractivity contribution in [2.75, 3.05) is 0 Å². The Balaban J connectivity index is 1.59. The molecular weight excluding hydrogens is 512 g/mol. The Labute approximate surface area is 205 Å². The Morgan fingerprint density at radius 2 is 0.944 bits per heavy atom. The van der Waals surface area contributed by atoms with Gasteiger partial charge in [0.05, 0.1) is 21.2 Å². The number of aryl methyl sites for hydroxylation is 2. The highest BCUT2D eigenvalue weighted by Gasteiger charge is 2.18. The fourth-order valence-corrected chi connectivity index (χ4v) is 4.86. The molecule has 0 aliphatic heterocycles. The number of hydrogen-bond donors (Lipinski definition) is 4. The fraction of sp³-hybridized carbons (Fsp3) is 0.182. The number of hydrogen-bond acceptors (Lipinski definition) is 6. The molecule has 0 bridgehead atoms. The number of benzene rings is 2. The van der Waals surface area contributed by atoms with Crippen molar-refractivity contribution in [1.82, 2.24) is 19.6 Å². The highest BCUT2D eigenvalue weighted by atomic mass is 32.2. The molecule has 12 nitrogen and oxygen atoms in total. The number of nitrogens with one attached hydrogen (secondary N) is 2. The van der Waals surface area contributed by atoms with Gasteiger partial charge >= 0.3 is 0 Å². The summed E-state index contributed by atoms with van der Waals surface area (Å²) in [6, 6.07) is 10.3. The quantitative estimate of drug-likeness (QED) is 0.257. The number of aromatic amines is 2. The third-order valence-corrected chi connectivity index (χ3v) is 7.53. The van der Waals surface area contributed by atoms with Crippen LogP contribution in [0.2, 0.25) is 0 Å². The van der Waals surface area contributed by atoms with Gasteiger partial charge in [0.15, 0.2) is 0 Å². The van der Waals surface area contributed by atoms with Crippen LogP contribution in [0.5, 0.6) is 0 Å². The Bertz CT molecular complexity index is 1640. The van der Waals surface area contributed by atoms with Crippen LogP contribution in [0.3, 0.4) is 0 Å². The number of aromatic nitrogens is 4. The SMILES string of the molecule is Cc1[nH]n(-c2ccc(S(=O)(=O)O)cc2)c(=O)c1CCc1c(C)[nH]n(-c2ccc(S(=O)(=O)O)cc2)c1=O. The second-order valence-electron chi connectivity index (χ2n) is 8.15. The van der Waals surface area contributed by atoms with Crippen molar-refractivity contribution >= 4 is 20.2 Å². The predicted molar refractivity (Wildman–Crippen MR) is 129 cm³/mol. The minimum absolute atomic E-state index is 0.243. The van der Waals surface area contributed by atoms with Crippen LogP contribution in [0.25, 0.3) is 11.4 Å². The molecule has 0 aliphatic rings. The molecule has 0 fully saturated rings. The molecule has 0 atom stereocenters. The first-order valence-electron chi connectivity index (χ1n) is 10.5. The van der Waals surface area contributed by atoms with E-state index in [-0.39, 0.29) is 33.8 Å². The Morgan fingerprint density at radius 3 is 1.22 bits per heavy atom. The average Bonchev–Trinajstić information content (AvgIpc) is 3.25. The molecule has 4 aromatic rings. The van der Waals surface area contributed by atoms with Crippen LogP contribution < -0.4 is 11.1 Å². The largest absolute Gasteiger partial charge is 0.295 e. The van der Waals surface area contributed by atoms with E-state index in [1.54, 1.807) is 13.8 Å². The van der Waals surface area contributed by atoms with Gasteiger partial charge in [-0.15, -0.1) is 0 Å². The first kappa shape index (κ1) is 25.4. The second kappa shape index (κ2) is 9.05. The third-order valence-electron chi connectivity index (χ3n) is 5.80. The van der Waals surface area contributed by atoms with E-state index in [0.29, 0.717) is 33.9 Å². The van der Waals surface area contributed by atoms with Crippen molar-refractivity contribution in [3.05, 3.63) is 91.8 Å². The van der Waals surface area contributed by atoms with Crippen LogP contribution in [0.1, 0.15) is 22.5 Å². The lowest BCUT2D eigenvalue weighted by Gasteiger charge is -2.03. The smallest absolute Gasteiger partial charge is 0.294 e. The highest BCUT2D eigenvalue weighted by molar-refractivity contribution is 7.86. The fourth-order valence-electron chi connectivity index (χ4n) is 3.90. The van der Waals surface area contributed by atoms with Gasteiger partial charge in [-0.25, -0.2) is 9.36 Å². The normalized spacial score (nSPS) is 12.2. The summed E-state index contributed by atoms with van der Waals surface area (Å²) in [7, 11) is -8.72. The number of H-pyrrole nitrogens is 2. The lowest BCUT2D eigenvalue weighted by atomic mass is 10.1. The van der Waals surface area contributed by atoms with E-state index in [2.05, 4.69) is 10.2 Å². The number of rotatable bonds is 7. The highest BCUT2D eigenvalue weighted by Crippen LogP contribution is 2.16. The molecule has 4 N–H and O–H groups in total. The first-order valence-corrected chi connectivity index (χ1v) is 13.4. The maximum absolute atomic E-state index is 13.0. The van der Waals surface area contributed by atoms with Crippen molar-refractivity contribution in [3.8, 4) is 11.4 Å². The lowest BCUT2D eigenvalue weighted by molar-refractivity contribution is 0.481. The van der Waals surface area contributed by atoms with E-state index in [9.17, 15) is 26.4 Å². The predicted octanol–water partition coefficient (Wildman–Crippen LogP) is 1.54. The molecule has 0 aliphatic carbocycles. The molecule has 2 aromatic heterocycles. The molecule has 0 saturated carbocycles. The van der Waals surface area contributed by atoms with Gasteiger partial charge < -0.3 is 0 Å². The van der Waals surface area contributed by atoms with Crippen LogP contribution in [-0.2, 0) is 33.1 Å². The summed E-state index contributed by atoms with van der Waals surface area (Å²) in [5.74, 6) is 0. The summed E-state index contributed by atoms with van der Waals surface area (Å²) in [6.45, 7) is 3.41. The van der Waals surface area contributed by atoms with E-state index < -0.39 is 20.2 Å². The minimum atomic E-state index is -4.36. The van der Waals surface area contributed by atoms with Crippen LogP contribution in [0, 0.1) is 13.8 Å². The van der Waals surface area contributed by atoms with Gasteiger partial charge in [0.1, 0.15) is 0 Å². The molecule has 0 radical (unpaired) electrons. The van der Waals surface area contributed by atoms with Gasteiger partial charge in [-0.1, -0.05) is 0 Å². The minimum Gasteiger partial charge on any atom is -0.295 e. The van der Waals surface area contributed by atoms with E-state index in [1.807, 2.05) is 0 Å². The zero-order valence-corrected chi connectivity index (χ0v) is 20.7. The van der Waals surface area contributed by atoms with Crippen molar-refractivity contribution in [2.24, 2.45) is 0 Å². The average molecular weight is 535 g/mol. The zero-order valence-electron chi connectivity index (χ0n) is 19.1. The zero-order chi connectivity index (χ0) is 26.4. The molecule has 2 aromatic carbocycles. The van der Waals surface area contributed by atoms with Gasteiger partial charge in [0.25, 0.3) is 31.4 Å². The molecule has 36 heavy (non-hydrogen) atoms. The summed E-state index contributed by atoms with van der Waals surface area (Å²) in [5, 5.41) is 5.87. The van der Waals surface area contributed by atoms with Gasteiger partial charge in [0.2, 0.25) is 0 Å². The molecule has 4 rings (SSSR count). The van der Waals surface area contributed by atoms with E-state index in [1.165, 1.54) is 57.9 Å². The molecule has 14 heteroatoms. The van der Waals surface area contributed by atoms with E-state index in [4.69, 9.17) is 9.11 Å². The third kappa shape index (κ3) is 4.83. The van der Waals surface area contributed by atoms with Crippen molar-refractivity contribution in [1.29, 1.82) is 0 Å². The topological polar surface area (TPSA) is 184 Å². The van der Waals surface area contributed by atoms with E-state index >= 15 is 0 Å². The maximum atomic E-state index is 13.0. The van der Waals surface area contributed by atoms with Gasteiger partial charge in [-0.3, -0.25) is 28.9 Å². The van der Waals surface area contributed by atoms with E-state index in [0.717, 1.165) is 0 Å². The summed E-state index contributed by atoms with van der Waals surface area (Å²) in [4.78, 5) is 25.4. The van der Waals surface area contributed by atoms with Crippen LogP contribution >= 0.6 is 0 Å². The van der Waals surface area contributed by atoms with Gasteiger partial charge in [-0.05, 0) is 75.2 Å². The van der Waals surface area contributed by atoms with Crippen molar-refractivity contribution in [2.45, 2.75) is 36.5 Å². The monoisotopic (exact) mass is 534 g/mol. The number of nitrogens with zero attached hydrogens (tertiary/aromatic N) is 2. The molecule has 0 unspecified atom stereocenters. The molecular formula is C22H22N4O8S2. The summed E-state index contributed by atoms with van der Waals surface area (Å²) < 4.78 is 65.7. The molecule has 0 amide bonds. The van der Waals surface area contributed by atoms with Gasteiger partial charge in [0, 0.05) is 22.5 Å². The lowest BCUT2D eigenvalue weighted by Crippen LogP contribution is -2.20. The molecule has 2 heterocycles. The second-order valence-corrected chi connectivity index (χ2v) is 11.0. The van der Waals surface area contributed by atoms with Gasteiger partial charge in [-0.2, -0.15) is 16.8 Å². The Kier molecular flexibility index (Phi) is 6.38. The molecule has 190 valence electrons. The van der Waals surface area contributed by atoms with Crippen LogP contribution in [0.4, 0.5) is 0 Å². The summed E-state index contributed by atoms with van der Waals surface area (Å²) >= 11 is 0. The van der Waals surface area contributed by atoms with Crippen LogP contribution in [-0.4, -0.2) is 45.5 Å². The molecule has 0 spiro atoms. The van der Waals surface area contributed by atoms with Crippen molar-refractivity contribution < 1.29 is 25.9 Å². The summed E-state index contributed by atoms with van der Waals surface area (Å²) in [6.07, 6.45) is 0.486.